The second kappa shape index (κ2) is 18.4. The van der Waals surface area contributed by atoms with Crippen molar-refractivity contribution in [2.45, 2.75) is 57.0 Å². The Hall–Kier alpha value is -5.15. The zero-order valence-electron chi connectivity index (χ0n) is 35.0. The molecule has 0 aliphatic carbocycles. The standard InChI is InChI=1S/C44H53BrN11O4P/c1-5-27-22-36(52-44-50-24-33(45)42(54-44)51-35-12-11-34-40(49-19-18-48-34)41(35)61(3,4)59)38(60-2)23-37(27)55-20-14-29(15-21-55)46-16-17-47-30-25-56(26-30)31-8-6-28(7-9-31)32-10-13-39(57)53-43(32)58/h6-9,11-12,18-19,22-24,29-30,32,46-47H,5,10,13-17,20-21,25-26H2,1-4H3,(H,53,57,58)(H2,50,51,52,54). The fourth-order valence-electron chi connectivity index (χ4n) is 8.51. The highest BCUT2D eigenvalue weighted by Gasteiger charge is 2.30. The Morgan fingerprint density at radius 2 is 1.62 bits per heavy atom. The van der Waals surface area contributed by atoms with Gasteiger partial charge in [0.2, 0.25) is 17.8 Å². The van der Waals surface area contributed by atoms with E-state index >= 15 is 0 Å². The van der Waals surface area contributed by atoms with Crippen molar-refractivity contribution in [2.75, 3.05) is 80.1 Å². The summed E-state index contributed by atoms with van der Waals surface area (Å²) >= 11 is 3.59. The SMILES string of the molecule is CCc1cc(Nc2ncc(Br)c(Nc3ccc4nccnc4c3P(C)(C)=O)n2)c(OC)cc1N1CCC(NCCNC2CN(c3ccc(C4CCC(=O)NC4=O)cc3)C2)CC1. The van der Waals surface area contributed by atoms with E-state index in [0.29, 0.717) is 68.9 Å². The summed E-state index contributed by atoms with van der Waals surface area (Å²) < 4.78 is 20.1. The van der Waals surface area contributed by atoms with E-state index in [9.17, 15) is 14.2 Å². The molecule has 0 spiro atoms. The van der Waals surface area contributed by atoms with Crippen LogP contribution in [-0.2, 0) is 20.6 Å². The molecule has 2 amide bonds. The van der Waals surface area contributed by atoms with Crippen molar-refractivity contribution in [3.63, 3.8) is 0 Å². The zero-order valence-corrected chi connectivity index (χ0v) is 37.5. The maximum atomic E-state index is 13.5. The molecule has 320 valence electrons. The minimum Gasteiger partial charge on any atom is -0.494 e. The molecule has 61 heavy (non-hydrogen) atoms. The molecule has 3 fully saturated rings. The second-order valence-electron chi connectivity index (χ2n) is 16.3. The van der Waals surface area contributed by atoms with E-state index in [-0.39, 0.29) is 17.7 Å². The lowest BCUT2D eigenvalue weighted by atomic mass is 9.90. The Kier molecular flexibility index (Phi) is 12.9. The number of fused-ring (bicyclic) bond motifs is 1. The summed E-state index contributed by atoms with van der Waals surface area (Å²) in [4.78, 5) is 46.8. The Labute approximate surface area is 364 Å². The van der Waals surface area contributed by atoms with E-state index in [1.54, 1.807) is 39.0 Å². The minimum atomic E-state index is -2.77. The number of ether oxygens (including phenoxy) is 1. The minimum absolute atomic E-state index is 0.185. The number of methoxy groups -OCH3 is 1. The first-order valence-corrected chi connectivity index (χ1v) is 24.3. The van der Waals surface area contributed by atoms with Crippen molar-refractivity contribution >= 4 is 85.7 Å². The molecule has 5 heterocycles. The number of anilines is 6. The van der Waals surface area contributed by atoms with E-state index in [1.165, 1.54) is 11.3 Å². The number of nitrogens with one attached hydrogen (secondary N) is 5. The maximum Gasteiger partial charge on any atom is 0.234 e. The number of hydrogen-bond donors (Lipinski definition) is 5. The molecule has 5 aromatic rings. The number of imide groups is 1. The summed E-state index contributed by atoms with van der Waals surface area (Å²) in [6.45, 7) is 11.3. The van der Waals surface area contributed by atoms with E-state index in [0.717, 1.165) is 75.5 Å². The lowest BCUT2D eigenvalue weighted by molar-refractivity contribution is -0.134. The number of benzene rings is 3. The van der Waals surface area contributed by atoms with Gasteiger partial charge in [0.1, 0.15) is 24.2 Å². The number of hydrogen-bond acceptors (Lipinski definition) is 14. The Balaban J connectivity index is 0.822. The summed E-state index contributed by atoms with van der Waals surface area (Å²) in [7, 11) is -1.09. The number of nitrogens with zero attached hydrogens (tertiary/aromatic N) is 6. The van der Waals surface area contributed by atoms with Gasteiger partial charge in [0, 0.05) is 93.8 Å². The van der Waals surface area contributed by atoms with Crippen LogP contribution in [-0.4, -0.2) is 104 Å². The molecule has 17 heteroatoms. The van der Waals surface area contributed by atoms with Gasteiger partial charge in [0.05, 0.1) is 39.7 Å². The van der Waals surface area contributed by atoms with Crippen LogP contribution in [0.15, 0.2) is 71.6 Å². The van der Waals surface area contributed by atoms with Crippen LogP contribution in [0.4, 0.5) is 34.5 Å². The predicted molar refractivity (Wildman–Crippen MR) is 246 cm³/mol. The van der Waals surface area contributed by atoms with Crippen molar-refractivity contribution in [3.8, 4) is 5.75 Å². The molecular formula is C44H53BrN11O4P. The number of amides is 2. The van der Waals surface area contributed by atoms with Crippen LogP contribution in [0.2, 0.25) is 0 Å². The predicted octanol–water partition coefficient (Wildman–Crippen LogP) is 6.05. The van der Waals surface area contributed by atoms with E-state index in [2.05, 4.69) is 98.5 Å². The van der Waals surface area contributed by atoms with Crippen LogP contribution in [0.25, 0.3) is 11.0 Å². The van der Waals surface area contributed by atoms with Crippen LogP contribution < -0.4 is 46.4 Å². The second-order valence-corrected chi connectivity index (χ2v) is 20.3. The van der Waals surface area contributed by atoms with Crippen molar-refractivity contribution in [1.82, 2.24) is 35.9 Å². The molecule has 3 aliphatic heterocycles. The summed E-state index contributed by atoms with van der Waals surface area (Å²) in [5.74, 6) is 0.960. The van der Waals surface area contributed by atoms with Gasteiger partial charge in [-0.25, -0.2) is 4.98 Å². The fourth-order valence-corrected chi connectivity index (χ4v) is 10.2. The normalized spacial score (nSPS) is 17.6. The van der Waals surface area contributed by atoms with Gasteiger partial charge in [0.25, 0.3) is 0 Å². The van der Waals surface area contributed by atoms with Crippen LogP contribution >= 0.6 is 23.1 Å². The van der Waals surface area contributed by atoms with Crippen molar-refractivity contribution in [1.29, 1.82) is 0 Å². The van der Waals surface area contributed by atoms with Gasteiger partial charge < -0.3 is 40.4 Å². The first-order valence-electron chi connectivity index (χ1n) is 20.9. The molecule has 1 atom stereocenters. The number of rotatable bonds is 15. The molecule has 8 rings (SSSR count). The van der Waals surface area contributed by atoms with Gasteiger partial charge >= 0.3 is 0 Å². The van der Waals surface area contributed by atoms with Crippen LogP contribution in [0.1, 0.15) is 49.7 Å². The highest BCUT2D eigenvalue weighted by molar-refractivity contribution is 9.10. The number of carbonyl (C=O) groups excluding carboxylic acids is 2. The highest BCUT2D eigenvalue weighted by Crippen LogP contribution is 2.42. The van der Waals surface area contributed by atoms with Gasteiger partial charge in [-0.3, -0.25) is 24.9 Å². The van der Waals surface area contributed by atoms with E-state index in [1.807, 2.05) is 24.3 Å². The van der Waals surface area contributed by atoms with Gasteiger partial charge in [-0.05, 0) is 96.4 Å². The molecule has 2 aromatic heterocycles. The van der Waals surface area contributed by atoms with Crippen LogP contribution in [0.5, 0.6) is 5.75 Å². The van der Waals surface area contributed by atoms with Crippen molar-refractivity contribution in [2.24, 2.45) is 0 Å². The number of aromatic nitrogens is 4. The average Bonchev–Trinajstić information content (AvgIpc) is 3.24. The van der Waals surface area contributed by atoms with E-state index in [4.69, 9.17) is 9.72 Å². The third kappa shape index (κ3) is 9.67. The molecule has 3 aliphatic rings. The summed E-state index contributed by atoms with van der Waals surface area (Å²) in [5.41, 5.74) is 7.20. The van der Waals surface area contributed by atoms with E-state index < -0.39 is 7.14 Å². The number of piperidine rings is 2. The summed E-state index contributed by atoms with van der Waals surface area (Å²) in [6, 6.07) is 17.1. The van der Waals surface area contributed by atoms with Gasteiger partial charge in [0.15, 0.2) is 0 Å². The third-order valence-electron chi connectivity index (χ3n) is 11.8. The molecule has 3 saturated heterocycles. The molecule has 0 saturated carbocycles. The first kappa shape index (κ1) is 42.5. The van der Waals surface area contributed by atoms with Crippen molar-refractivity contribution < 1.29 is 18.9 Å². The molecule has 5 N–H and O–H groups in total. The van der Waals surface area contributed by atoms with Gasteiger partial charge in [-0.1, -0.05) is 19.1 Å². The average molecular weight is 911 g/mol. The Bertz CT molecular complexity index is 2450. The Morgan fingerprint density at radius 3 is 2.33 bits per heavy atom. The maximum absolute atomic E-state index is 13.5. The highest BCUT2D eigenvalue weighted by atomic mass is 79.9. The largest absolute Gasteiger partial charge is 0.494 e. The molecule has 0 bridgehead atoms. The fraction of sp³-hybridized carbons (Fsp3) is 0.409. The van der Waals surface area contributed by atoms with Gasteiger partial charge in [-0.2, -0.15) is 4.98 Å². The zero-order chi connectivity index (χ0) is 42.7. The quantitative estimate of drug-likeness (QED) is 0.0466. The van der Waals surface area contributed by atoms with Crippen LogP contribution in [0.3, 0.4) is 0 Å². The first-order chi connectivity index (χ1) is 29.5. The monoisotopic (exact) mass is 909 g/mol. The Morgan fingerprint density at radius 1 is 0.885 bits per heavy atom. The molecule has 3 aromatic carbocycles. The van der Waals surface area contributed by atoms with Crippen molar-refractivity contribution in [3.05, 3.63) is 82.7 Å². The third-order valence-corrected chi connectivity index (χ3v) is 13.9. The number of carbonyl (C=O) groups is 2. The summed E-state index contributed by atoms with van der Waals surface area (Å²) in [6.07, 6.45) is 8.83. The number of halogens is 1. The molecule has 1 unspecified atom stereocenters. The summed E-state index contributed by atoms with van der Waals surface area (Å²) in [5, 5.41) is 17.3. The molecular weight excluding hydrogens is 857 g/mol. The lowest BCUT2D eigenvalue weighted by Gasteiger charge is -2.42. The van der Waals surface area contributed by atoms with Gasteiger partial charge in [-0.15, -0.1) is 0 Å². The van der Waals surface area contributed by atoms with Crippen LogP contribution in [0, 0.1) is 0 Å². The lowest BCUT2D eigenvalue weighted by Crippen LogP contribution is -2.59. The smallest absolute Gasteiger partial charge is 0.234 e. The molecule has 0 radical (unpaired) electrons. The number of aryl methyl sites for hydroxylation is 1. The molecule has 15 nitrogen and oxygen atoms in total. The topological polar surface area (TPSA) is 179 Å².